The van der Waals surface area contributed by atoms with Gasteiger partial charge in [0.2, 0.25) is 0 Å². The van der Waals surface area contributed by atoms with E-state index >= 15 is 0 Å². The highest BCUT2D eigenvalue weighted by Gasteiger charge is 2.17. The molecule has 1 aromatic carbocycles. The lowest BCUT2D eigenvalue weighted by molar-refractivity contribution is 0.516. The van der Waals surface area contributed by atoms with E-state index in [1.54, 1.807) is 42.7 Å². The van der Waals surface area contributed by atoms with E-state index in [1.807, 2.05) is 12.1 Å². The van der Waals surface area contributed by atoms with Gasteiger partial charge in [-0.15, -0.1) is 0 Å². The Morgan fingerprint density at radius 2 is 1.88 bits per heavy atom. The van der Waals surface area contributed by atoms with Crippen LogP contribution in [-0.2, 0) is 6.54 Å². The number of rotatable bonds is 7. The molecule has 2 heterocycles. The molecule has 126 valence electrons. The Balaban J connectivity index is 1.76. The van der Waals surface area contributed by atoms with Crippen molar-refractivity contribution in [2.45, 2.75) is 19.0 Å². The lowest BCUT2D eigenvalue weighted by Crippen LogP contribution is -2.25. The first-order chi connectivity index (χ1) is 12.2. The van der Waals surface area contributed by atoms with Crippen molar-refractivity contribution in [2.75, 3.05) is 0 Å². The van der Waals surface area contributed by atoms with Gasteiger partial charge in [-0.2, -0.15) is 0 Å². The second kappa shape index (κ2) is 8.21. The summed E-state index contributed by atoms with van der Waals surface area (Å²) in [6.07, 6.45) is 5.18. The number of aromatic nitrogens is 3. The minimum Gasteiger partial charge on any atom is -0.304 e. The number of pyridine rings is 1. The molecule has 0 bridgehead atoms. The number of nitrogens with zero attached hydrogens (tertiary/aromatic N) is 3. The first kappa shape index (κ1) is 16.9. The number of halogens is 1. The summed E-state index contributed by atoms with van der Waals surface area (Å²) >= 11 is 0. The summed E-state index contributed by atoms with van der Waals surface area (Å²) in [6, 6.07) is 13.7. The molecule has 1 atom stereocenters. The zero-order chi connectivity index (χ0) is 17.5. The molecule has 3 aromatic rings. The van der Waals surface area contributed by atoms with Gasteiger partial charge in [-0.25, -0.2) is 14.4 Å². The first-order valence-corrected chi connectivity index (χ1v) is 7.95. The monoisotopic (exact) mass is 335 g/mol. The molecule has 2 aromatic heterocycles. The Bertz CT molecular complexity index is 823. The van der Waals surface area contributed by atoms with Crippen LogP contribution in [0.15, 0.2) is 67.3 Å². The van der Waals surface area contributed by atoms with Crippen molar-refractivity contribution < 1.29 is 4.39 Å². The topological polar surface area (TPSA) is 74.6 Å². The molecule has 0 radical (unpaired) electrons. The van der Waals surface area contributed by atoms with E-state index in [0.29, 0.717) is 29.9 Å². The molecule has 6 heteroatoms. The van der Waals surface area contributed by atoms with Crippen molar-refractivity contribution in [3.05, 3.63) is 90.0 Å². The van der Waals surface area contributed by atoms with Crippen LogP contribution in [0.3, 0.4) is 0 Å². The fourth-order valence-electron chi connectivity index (χ4n) is 2.51. The van der Waals surface area contributed by atoms with Crippen LogP contribution in [0.1, 0.15) is 29.4 Å². The Morgan fingerprint density at radius 3 is 2.60 bits per heavy atom. The lowest BCUT2D eigenvalue weighted by atomic mass is 10.0. The maximum Gasteiger partial charge on any atom is 0.127 e. The average Bonchev–Trinajstić information content (AvgIpc) is 2.67. The van der Waals surface area contributed by atoms with Crippen molar-refractivity contribution in [3.8, 4) is 0 Å². The largest absolute Gasteiger partial charge is 0.304 e. The fraction of sp³-hybridized carbons (Fsp3) is 0.158. The SMILES string of the molecule is N=C(CC(NCc1ccccc1F)c1ccncn1)c1ccccn1. The summed E-state index contributed by atoms with van der Waals surface area (Å²) in [6.45, 7) is 0.344. The molecule has 0 amide bonds. The zero-order valence-corrected chi connectivity index (χ0v) is 13.6. The normalized spacial score (nSPS) is 11.9. The third-order valence-electron chi connectivity index (χ3n) is 3.84. The standard InChI is InChI=1S/C19H18FN5/c20-15-6-2-1-5-14(15)12-24-19(18-8-10-22-13-25-18)11-16(21)17-7-3-4-9-23-17/h1-10,13,19,21,24H,11-12H2. The van der Waals surface area contributed by atoms with Gasteiger partial charge < -0.3 is 10.7 Å². The Labute approximate surface area is 145 Å². The molecule has 0 saturated heterocycles. The van der Waals surface area contributed by atoms with Gasteiger partial charge in [-0.1, -0.05) is 24.3 Å². The van der Waals surface area contributed by atoms with Crippen LogP contribution in [0.5, 0.6) is 0 Å². The van der Waals surface area contributed by atoms with Crippen molar-refractivity contribution in [1.29, 1.82) is 5.41 Å². The van der Waals surface area contributed by atoms with Crippen LogP contribution in [-0.4, -0.2) is 20.7 Å². The van der Waals surface area contributed by atoms with Gasteiger partial charge in [0, 0.05) is 30.9 Å². The van der Waals surface area contributed by atoms with E-state index < -0.39 is 0 Å². The van der Waals surface area contributed by atoms with E-state index in [-0.39, 0.29) is 11.9 Å². The second-order valence-electron chi connectivity index (χ2n) is 5.56. The maximum absolute atomic E-state index is 13.9. The molecular formula is C19H18FN5. The highest BCUT2D eigenvalue weighted by atomic mass is 19.1. The zero-order valence-electron chi connectivity index (χ0n) is 13.6. The fourth-order valence-corrected chi connectivity index (χ4v) is 2.51. The average molecular weight is 335 g/mol. The molecule has 0 aliphatic carbocycles. The third-order valence-corrected chi connectivity index (χ3v) is 3.84. The van der Waals surface area contributed by atoms with E-state index in [0.717, 1.165) is 5.69 Å². The molecule has 0 aliphatic heterocycles. The van der Waals surface area contributed by atoms with Gasteiger partial charge in [-0.05, 0) is 24.3 Å². The molecule has 0 saturated carbocycles. The quantitative estimate of drug-likeness (QED) is 0.650. The summed E-state index contributed by atoms with van der Waals surface area (Å²) in [4.78, 5) is 12.4. The predicted octanol–water partition coefficient (Wildman–Crippen LogP) is 3.30. The molecule has 3 rings (SSSR count). The van der Waals surface area contributed by atoms with Gasteiger partial charge in [0.15, 0.2) is 0 Å². The highest BCUT2D eigenvalue weighted by Crippen LogP contribution is 2.18. The van der Waals surface area contributed by atoms with Crippen molar-refractivity contribution in [3.63, 3.8) is 0 Å². The Hall–Kier alpha value is -2.99. The van der Waals surface area contributed by atoms with Crippen molar-refractivity contribution in [2.24, 2.45) is 0 Å². The minimum absolute atomic E-state index is 0.239. The first-order valence-electron chi connectivity index (χ1n) is 7.95. The molecule has 0 fully saturated rings. The molecule has 2 N–H and O–H groups in total. The highest BCUT2D eigenvalue weighted by molar-refractivity contribution is 5.96. The number of benzene rings is 1. The lowest BCUT2D eigenvalue weighted by Gasteiger charge is -2.19. The van der Waals surface area contributed by atoms with Crippen LogP contribution in [0.25, 0.3) is 0 Å². The van der Waals surface area contributed by atoms with Gasteiger partial charge in [0.1, 0.15) is 12.1 Å². The van der Waals surface area contributed by atoms with Crippen molar-refractivity contribution in [1.82, 2.24) is 20.3 Å². The van der Waals surface area contributed by atoms with Crippen LogP contribution in [0, 0.1) is 11.2 Å². The molecule has 25 heavy (non-hydrogen) atoms. The van der Waals surface area contributed by atoms with Gasteiger partial charge in [0.25, 0.3) is 0 Å². The predicted molar refractivity (Wildman–Crippen MR) is 93.7 cm³/mol. The third kappa shape index (κ3) is 4.51. The summed E-state index contributed by atoms with van der Waals surface area (Å²) in [7, 11) is 0. The van der Waals surface area contributed by atoms with Crippen LogP contribution >= 0.6 is 0 Å². The summed E-state index contributed by atoms with van der Waals surface area (Å²) in [5, 5.41) is 11.6. The summed E-state index contributed by atoms with van der Waals surface area (Å²) in [5.74, 6) is -0.253. The van der Waals surface area contributed by atoms with E-state index in [9.17, 15) is 4.39 Å². The molecule has 1 unspecified atom stereocenters. The Kier molecular flexibility index (Phi) is 5.53. The smallest absolute Gasteiger partial charge is 0.127 e. The molecular weight excluding hydrogens is 317 g/mol. The van der Waals surface area contributed by atoms with Crippen LogP contribution < -0.4 is 5.32 Å². The summed E-state index contributed by atoms with van der Waals surface area (Å²) in [5.41, 5.74) is 2.34. The van der Waals surface area contributed by atoms with Crippen molar-refractivity contribution >= 4 is 5.71 Å². The number of hydrogen-bond acceptors (Lipinski definition) is 5. The van der Waals surface area contributed by atoms with Crippen LogP contribution in [0.4, 0.5) is 4.39 Å². The molecule has 0 aliphatic rings. The van der Waals surface area contributed by atoms with Crippen LogP contribution in [0.2, 0.25) is 0 Å². The number of hydrogen-bond donors (Lipinski definition) is 2. The second-order valence-corrected chi connectivity index (χ2v) is 5.56. The minimum atomic E-state index is -0.253. The van der Waals surface area contributed by atoms with E-state index in [1.165, 1.54) is 12.4 Å². The summed E-state index contributed by atoms with van der Waals surface area (Å²) < 4.78 is 13.9. The van der Waals surface area contributed by atoms with E-state index in [2.05, 4.69) is 20.3 Å². The molecule has 0 spiro atoms. The maximum atomic E-state index is 13.9. The van der Waals surface area contributed by atoms with Gasteiger partial charge in [-0.3, -0.25) is 4.98 Å². The van der Waals surface area contributed by atoms with E-state index in [4.69, 9.17) is 5.41 Å². The Morgan fingerprint density at radius 1 is 1.04 bits per heavy atom. The number of nitrogens with one attached hydrogen (secondary N) is 2. The van der Waals surface area contributed by atoms with Gasteiger partial charge >= 0.3 is 0 Å². The van der Waals surface area contributed by atoms with Gasteiger partial charge in [0.05, 0.1) is 23.1 Å². The molecule has 5 nitrogen and oxygen atoms in total.